The average molecular weight is 423 g/mol. The SMILES string of the molecule is NC1CCN(S(=O)(=O)N2[C@@H]3CC[C@H]2C[C@H](NC(=O)c2cnn(C4CC4)c2)C3)CC1. The topological polar surface area (TPSA) is 114 Å². The first-order valence-electron chi connectivity index (χ1n) is 10.8. The minimum Gasteiger partial charge on any atom is -0.349 e. The van der Waals surface area contributed by atoms with Crippen LogP contribution in [0.3, 0.4) is 0 Å². The fraction of sp³-hybridized carbons (Fsp3) is 0.789. The predicted octanol–water partition coefficient (Wildman–Crippen LogP) is 0.611. The highest BCUT2D eigenvalue weighted by Gasteiger charge is 2.49. The molecule has 4 heterocycles. The van der Waals surface area contributed by atoms with Gasteiger partial charge < -0.3 is 11.1 Å². The molecule has 9 nitrogen and oxygen atoms in total. The molecule has 3 N–H and O–H groups in total. The monoisotopic (exact) mass is 422 g/mol. The van der Waals surface area contributed by atoms with Gasteiger partial charge in [-0.2, -0.15) is 22.1 Å². The molecule has 1 saturated carbocycles. The van der Waals surface area contributed by atoms with E-state index in [4.69, 9.17) is 5.73 Å². The summed E-state index contributed by atoms with van der Waals surface area (Å²) in [6, 6.07) is 0.488. The fourth-order valence-electron chi connectivity index (χ4n) is 5.13. The van der Waals surface area contributed by atoms with Gasteiger partial charge in [-0.1, -0.05) is 0 Å². The number of nitrogens with two attached hydrogens (primary N) is 1. The molecule has 1 aromatic heterocycles. The van der Waals surface area contributed by atoms with Crippen molar-refractivity contribution in [3.05, 3.63) is 18.0 Å². The summed E-state index contributed by atoms with van der Waals surface area (Å²) in [5, 5.41) is 7.41. The van der Waals surface area contributed by atoms with Crippen LogP contribution in [0, 0.1) is 0 Å². The second-order valence-electron chi connectivity index (χ2n) is 9.04. The molecule has 3 atom stereocenters. The maximum atomic E-state index is 13.2. The van der Waals surface area contributed by atoms with E-state index in [1.807, 2.05) is 10.9 Å². The van der Waals surface area contributed by atoms with Crippen LogP contribution < -0.4 is 11.1 Å². The van der Waals surface area contributed by atoms with E-state index >= 15 is 0 Å². The molecule has 29 heavy (non-hydrogen) atoms. The summed E-state index contributed by atoms with van der Waals surface area (Å²) in [6.07, 6.45) is 10.2. The number of fused-ring (bicyclic) bond motifs is 2. The van der Waals surface area contributed by atoms with E-state index in [1.165, 1.54) is 0 Å². The van der Waals surface area contributed by atoms with Crippen molar-refractivity contribution >= 4 is 16.1 Å². The average Bonchev–Trinajstić information content (AvgIpc) is 3.34. The van der Waals surface area contributed by atoms with Crippen molar-refractivity contribution in [3.63, 3.8) is 0 Å². The number of carbonyl (C=O) groups is 1. The van der Waals surface area contributed by atoms with Gasteiger partial charge in [-0.15, -0.1) is 0 Å². The van der Waals surface area contributed by atoms with Gasteiger partial charge in [0.25, 0.3) is 16.1 Å². The highest BCUT2D eigenvalue weighted by atomic mass is 32.2. The van der Waals surface area contributed by atoms with Crippen LogP contribution in [0.5, 0.6) is 0 Å². The van der Waals surface area contributed by atoms with Gasteiger partial charge in [0.05, 0.1) is 17.8 Å². The summed E-state index contributed by atoms with van der Waals surface area (Å²) in [5.74, 6) is -0.109. The molecule has 0 unspecified atom stereocenters. The lowest BCUT2D eigenvalue weighted by Crippen LogP contribution is -2.57. The molecule has 3 saturated heterocycles. The number of nitrogens with zero attached hydrogens (tertiary/aromatic N) is 4. The van der Waals surface area contributed by atoms with E-state index in [0.717, 1.165) is 38.5 Å². The van der Waals surface area contributed by atoms with Gasteiger partial charge in [-0.25, -0.2) is 0 Å². The van der Waals surface area contributed by atoms with Crippen molar-refractivity contribution in [1.82, 2.24) is 23.7 Å². The van der Waals surface area contributed by atoms with Crippen molar-refractivity contribution in [2.75, 3.05) is 13.1 Å². The highest BCUT2D eigenvalue weighted by Crippen LogP contribution is 2.39. The van der Waals surface area contributed by atoms with Gasteiger partial charge in [0.1, 0.15) is 0 Å². The Kier molecular flexibility index (Phi) is 4.92. The smallest absolute Gasteiger partial charge is 0.282 e. The molecule has 5 rings (SSSR count). The number of aromatic nitrogens is 2. The fourth-order valence-corrected chi connectivity index (χ4v) is 7.21. The first-order valence-corrected chi connectivity index (χ1v) is 12.2. The van der Waals surface area contributed by atoms with Crippen LogP contribution in [-0.2, 0) is 10.2 Å². The minimum absolute atomic E-state index is 0.00510. The molecule has 3 aliphatic heterocycles. The Morgan fingerprint density at radius 1 is 1.03 bits per heavy atom. The van der Waals surface area contributed by atoms with E-state index in [0.29, 0.717) is 37.5 Å². The van der Waals surface area contributed by atoms with E-state index in [-0.39, 0.29) is 30.1 Å². The first kappa shape index (κ1) is 19.5. The highest BCUT2D eigenvalue weighted by molar-refractivity contribution is 7.86. The number of rotatable bonds is 5. The lowest BCUT2D eigenvalue weighted by atomic mass is 9.99. The van der Waals surface area contributed by atoms with Crippen LogP contribution in [0.1, 0.15) is 67.8 Å². The normalized spacial score (nSPS) is 31.8. The van der Waals surface area contributed by atoms with Crippen LogP contribution in [-0.4, -0.2) is 70.0 Å². The van der Waals surface area contributed by atoms with Crippen molar-refractivity contribution in [2.24, 2.45) is 5.73 Å². The van der Waals surface area contributed by atoms with Gasteiger partial charge in [0.15, 0.2) is 0 Å². The second kappa shape index (κ2) is 7.33. The number of hydrogen-bond donors (Lipinski definition) is 2. The van der Waals surface area contributed by atoms with Gasteiger partial charge in [0.2, 0.25) is 0 Å². The summed E-state index contributed by atoms with van der Waals surface area (Å²) in [5.41, 5.74) is 6.53. The van der Waals surface area contributed by atoms with Gasteiger partial charge in [0, 0.05) is 43.5 Å². The molecular formula is C19H30N6O3S. The number of nitrogens with one attached hydrogen (secondary N) is 1. The zero-order valence-corrected chi connectivity index (χ0v) is 17.4. The van der Waals surface area contributed by atoms with E-state index in [1.54, 1.807) is 14.8 Å². The maximum absolute atomic E-state index is 13.2. The Bertz CT molecular complexity index is 860. The Labute approximate surface area is 171 Å². The van der Waals surface area contributed by atoms with Gasteiger partial charge in [-0.05, 0) is 51.4 Å². The van der Waals surface area contributed by atoms with E-state index in [2.05, 4.69) is 10.4 Å². The Hall–Kier alpha value is -1.49. The van der Waals surface area contributed by atoms with Crippen LogP contribution in [0.4, 0.5) is 0 Å². The molecule has 1 aliphatic carbocycles. The number of piperidine rings is 2. The van der Waals surface area contributed by atoms with Crippen molar-refractivity contribution in [1.29, 1.82) is 0 Å². The van der Waals surface area contributed by atoms with E-state index in [9.17, 15) is 13.2 Å². The van der Waals surface area contributed by atoms with E-state index < -0.39 is 10.2 Å². The number of carbonyl (C=O) groups excluding carboxylic acids is 1. The summed E-state index contributed by atoms with van der Waals surface area (Å²) in [7, 11) is -3.46. The van der Waals surface area contributed by atoms with Gasteiger partial charge in [-0.3, -0.25) is 9.48 Å². The third kappa shape index (κ3) is 3.71. The summed E-state index contributed by atoms with van der Waals surface area (Å²) in [4.78, 5) is 12.6. The molecule has 0 aromatic carbocycles. The number of amides is 1. The molecule has 0 spiro atoms. The quantitative estimate of drug-likeness (QED) is 0.722. The molecule has 10 heteroatoms. The standard InChI is InChI=1S/C19H30N6O3S/c20-14-5-7-23(8-6-14)29(27,28)25-17-3-4-18(25)10-15(9-17)22-19(26)13-11-21-24(12-13)16-1-2-16/h11-12,14-18H,1-10,20H2,(H,22,26)/t15-,17-,18+. The lowest BCUT2D eigenvalue weighted by molar-refractivity contribution is 0.0906. The lowest BCUT2D eigenvalue weighted by Gasteiger charge is -2.41. The summed E-state index contributed by atoms with van der Waals surface area (Å²) < 4.78 is 31.7. The molecule has 1 amide bonds. The second-order valence-corrected chi connectivity index (χ2v) is 10.9. The van der Waals surface area contributed by atoms with Gasteiger partial charge >= 0.3 is 0 Å². The van der Waals surface area contributed by atoms with Crippen LogP contribution >= 0.6 is 0 Å². The van der Waals surface area contributed by atoms with Crippen molar-refractivity contribution in [2.45, 2.75) is 81.6 Å². The third-order valence-electron chi connectivity index (χ3n) is 6.88. The number of hydrogen-bond acceptors (Lipinski definition) is 5. The molecule has 0 radical (unpaired) electrons. The van der Waals surface area contributed by atoms with Crippen LogP contribution in [0.25, 0.3) is 0 Å². The Morgan fingerprint density at radius 2 is 1.66 bits per heavy atom. The van der Waals surface area contributed by atoms with Crippen LogP contribution in [0.15, 0.2) is 12.4 Å². The molecular weight excluding hydrogens is 392 g/mol. The van der Waals surface area contributed by atoms with Crippen molar-refractivity contribution in [3.8, 4) is 0 Å². The zero-order valence-electron chi connectivity index (χ0n) is 16.6. The maximum Gasteiger partial charge on any atom is 0.282 e. The first-order chi connectivity index (χ1) is 13.9. The molecule has 2 bridgehead atoms. The third-order valence-corrected chi connectivity index (χ3v) is 9.02. The summed E-state index contributed by atoms with van der Waals surface area (Å²) >= 11 is 0. The molecule has 1 aromatic rings. The zero-order chi connectivity index (χ0) is 20.2. The summed E-state index contributed by atoms with van der Waals surface area (Å²) in [6.45, 7) is 1.01. The van der Waals surface area contributed by atoms with Crippen LogP contribution in [0.2, 0.25) is 0 Å². The molecule has 4 fully saturated rings. The predicted molar refractivity (Wildman–Crippen MR) is 107 cm³/mol. The molecule has 160 valence electrons. The molecule has 4 aliphatic rings. The Morgan fingerprint density at radius 3 is 2.28 bits per heavy atom. The minimum atomic E-state index is -3.46. The Balaban J connectivity index is 1.23. The van der Waals surface area contributed by atoms with Crippen molar-refractivity contribution < 1.29 is 13.2 Å². The largest absolute Gasteiger partial charge is 0.349 e.